The minimum Gasteiger partial charge on any atom is -0.465 e. The Balaban J connectivity index is 1.37. The van der Waals surface area contributed by atoms with Crippen molar-refractivity contribution in [3.05, 3.63) is 57.2 Å². The van der Waals surface area contributed by atoms with Gasteiger partial charge in [-0.2, -0.15) is 18.3 Å². The Morgan fingerprint density at radius 1 is 1.21 bits per heavy atom. The van der Waals surface area contributed by atoms with Crippen LogP contribution in [0.4, 0.5) is 13.2 Å². The smallest absolute Gasteiger partial charge is 0.416 e. The number of hydrogen-bond acceptors (Lipinski definition) is 11. The minimum absolute atomic E-state index is 0.00930. The van der Waals surface area contributed by atoms with Crippen molar-refractivity contribution in [3.63, 3.8) is 0 Å². The molecule has 15 heteroatoms. The van der Waals surface area contributed by atoms with E-state index in [1.807, 2.05) is 0 Å². The second kappa shape index (κ2) is 10.9. The first kappa shape index (κ1) is 27.1. The third-order valence-electron chi connectivity index (χ3n) is 6.17. The van der Waals surface area contributed by atoms with Gasteiger partial charge in [0.25, 0.3) is 5.56 Å². The van der Waals surface area contributed by atoms with Crippen LogP contribution >= 0.6 is 11.3 Å². The van der Waals surface area contributed by atoms with Crippen LogP contribution in [0.25, 0.3) is 21.3 Å². The molecule has 0 bridgehead atoms. The minimum atomic E-state index is -4.51. The summed E-state index contributed by atoms with van der Waals surface area (Å²) in [6, 6.07) is 3.23. The Morgan fingerprint density at radius 3 is 2.72 bits per heavy atom. The zero-order valence-electron chi connectivity index (χ0n) is 20.2. The van der Waals surface area contributed by atoms with E-state index in [1.165, 1.54) is 18.5 Å². The van der Waals surface area contributed by atoms with Crippen molar-refractivity contribution in [1.82, 2.24) is 24.7 Å². The lowest BCUT2D eigenvalue weighted by molar-refractivity contribution is -0.192. The van der Waals surface area contributed by atoms with Gasteiger partial charge in [0.2, 0.25) is 0 Å². The van der Waals surface area contributed by atoms with Crippen molar-refractivity contribution >= 4 is 38.6 Å². The average molecular weight is 566 g/mol. The van der Waals surface area contributed by atoms with Crippen LogP contribution in [0.5, 0.6) is 0 Å². The molecule has 1 aromatic carbocycles. The number of fused-ring (bicyclic) bond motifs is 2. The van der Waals surface area contributed by atoms with Crippen LogP contribution < -0.4 is 5.56 Å². The van der Waals surface area contributed by atoms with Gasteiger partial charge < -0.3 is 19.7 Å². The van der Waals surface area contributed by atoms with Gasteiger partial charge in [0.1, 0.15) is 16.2 Å². The molecule has 1 aliphatic heterocycles. The lowest BCUT2D eigenvalue weighted by atomic mass is 9.96. The highest BCUT2D eigenvalue weighted by Crippen LogP contribution is 2.33. The number of aliphatic hydroxyl groups excluding tert-OH is 2. The van der Waals surface area contributed by atoms with Crippen molar-refractivity contribution in [1.29, 1.82) is 0 Å². The Labute approximate surface area is 221 Å². The molecular formula is C24H22F3N5O6S. The van der Waals surface area contributed by atoms with Crippen molar-refractivity contribution in [2.75, 3.05) is 13.2 Å². The summed E-state index contributed by atoms with van der Waals surface area (Å²) in [5, 5.41) is 23.7. The number of nitrogens with zero attached hydrogens (tertiary/aromatic N) is 5. The lowest BCUT2D eigenvalue weighted by Gasteiger charge is -2.31. The maximum absolute atomic E-state index is 13.1. The van der Waals surface area contributed by atoms with Gasteiger partial charge in [-0.3, -0.25) is 14.6 Å². The maximum Gasteiger partial charge on any atom is 0.416 e. The molecule has 1 saturated heterocycles. The van der Waals surface area contributed by atoms with Gasteiger partial charge in [-0.05, 0) is 24.6 Å². The Morgan fingerprint density at radius 2 is 1.97 bits per heavy atom. The number of aromatic nitrogens is 5. The van der Waals surface area contributed by atoms with Crippen LogP contribution in [0.1, 0.15) is 29.1 Å². The van der Waals surface area contributed by atoms with Gasteiger partial charge in [0.15, 0.2) is 11.8 Å². The summed E-state index contributed by atoms with van der Waals surface area (Å²) in [4.78, 5) is 38.2. The first-order chi connectivity index (χ1) is 18.6. The molecule has 0 amide bonds. The molecule has 0 aliphatic carbocycles. The first-order valence-corrected chi connectivity index (χ1v) is 12.7. The van der Waals surface area contributed by atoms with E-state index in [4.69, 9.17) is 9.47 Å². The molecule has 3 aromatic heterocycles. The van der Waals surface area contributed by atoms with Crippen LogP contribution in [0.2, 0.25) is 0 Å². The Hall–Kier alpha value is -3.53. The second-order valence-electron chi connectivity index (χ2n) is 9.04. The van der Waals surface area contributed by atoms with Gasteiger partial charge in [-0.25, -0.2) is 14.6 Å². The number of aliphatic hydroxyl groups is 2. The molecule has 39 heavy (non-hydrogen) atoms. The van der Waals surface area contributed by atoms with E-state index in [0.29, 0.717) is 16.1 Å². The lowest BCUT2D eigenvalue weighted by Crippen LogP contribution is -2.37. The van der Waals surface area contributed by atoms with Crippen LogP contribution in [0, 0.1) is 5.92 Å². The molecule has 3 unspecified atom stereocenters. The Bertz CT molecular complexity index is 1580. The van der Waals surface area contributed by atoms with Gasteiger partial charge >= 0.3 is 12.1 Å². The summed E-state index contributed by atoms with van der Waals surface area (Å²) in [5.74, 6) is -0.869. The number of ether oxygens (including phenoxy) is 2. The highest BCUT2D eigenvalue weighted by atomic mass is 32.1. The van der Waals surface area contributed by atoms with Crippen molar-refractivity contribution in [2.45, 2.75) is 44.4 Å². The van der Waals surface area contributed by atoms with Crippen LogP contribution in [-0.2, 0) is 33.4 Å². The third-order valence-corrected chi connectivity index (χ3v) is 7.19. The van der Waals surface area contributed by atoms with Crippen LogP contribution in [-0.4, -0.2) is 66.5 Å². The fourth-order valence-corrected chi connectivity index (χ4v) is 5.31. The van der Waals surface area contributed by atoms with Gasteiger partial charge in [-0.15, -0.1) is 11.3 Å². The highest BCUT2D eigenvalue weighted by Gasteiger charge is 2.31. The predicted molar refractivity (Wildman–Crippen MR) is 131 cm³/mol. The van der Waals surface area contributed by atoms with E-state index in [2.05, 4.69) is 20.1 Å². The monoisotopic (exact) mass is 565 g/mol. The van der Waals surface area contributed by atoms with Gasteiger partial charge in [0.05, 0.1) is 48.1 Å². The Kier molecular flexibility index (Phi) is 7.57. The number of rotatable bonds is 7. The normalized spacial score (nSPS) is 20.0. The van der Waals surface area contributed by atoms with E-state index < -0.39 is 35.7 Å². The molecule has 4 aromatic rings. The number of hydrogen-bond donors (Lipinski definition) is 2. The number of thiazole rings is 1. The SMILES string of the molecule is O=C(Cc1nn(Cc2nc3cc(C(F)(F)F)ccc3s2)c(=O)c2nccnc12)OCC1CC(O)OC(CO)C1. The van der Waals surface area contributed by atoms with Crippen molar-refractivity contribution in [3.8, 4) is 0 Å². The fourth-order valence-electron chi connectivity index (χ4n) is 4.38. The largest absolute Gasteiger partial charge is 0.465 e. The number of benzene rings is 1. The average Bonchev–Trinajstić information content (AvgIpc) is 3.31. The molecule has 4 heterocycles. The zero-order chi connectivity index (χ0) is 27.7. The van der Waals surface area contributed by atoms with Crippen LogP contribution in [0.3, 0.4) is 0 Å². The molecule has 11 nitrogen and oxygen atoms in total. The summed E-state index contributed by atoms with van der Waals surface area (Å²) in [7, 11) is 0. The standard InChI is InChI=1S/C24H22F3N5O6S/c25-24(26,27)13-1-2-17-15(7-13)30-18(39-17)9-32-23(36)22-21(28-3-4-29-22)16(31-32)8-19(34)37-11-12-5-14(10-33)38-20(35)6-12/h1-4,7,12,14,20,33,35H,5-6,8-11H2. The van der Waals surface area contributed by atoms with E-state index >= 15 is 0 Å². The molecule has 0 spiro atoms. The van der Waals surface area contributed by atoms with E-state index in [-0.39, 0.29) is 60.8 Å². The molecule has 1 fully saturated rings. The van der Waals surface area contributed by atoms with E-state index in [1.54, 1.807) is 0 Å². The second-order valence-corrected chi connectivity index (χ2v) is 10.2. The van der Waals surface area contributed by atoms with Crippen molar-refractivity contribution < 1.29 is 37.7 Å². The molecule has 2 N–H and O–H groups in total. The number of esters is 1. The summed E-state index contributed by atoms with van der Waals surface area (Å²) >= 11 is 1.12. The predicted octanol–water partition coefficient (Wildman–Crippen LogP) is 2.05. The van der Waals surface area contributed by atoms with E-state index in [0.717, 1.165) is 28.2 Å². The molecule has 0 radical (unpaired) electrons. The number of alkyl halides is 3. The number of carbonyl (C=O) groups is 1. The molecular weight excluding hydrogens is 543 g/mol. The molecule has 5 rings (SSSR count). The topological polar surface area (TPSA) is 150 Å². The summed E-state index contributed by atoms with van der Waals surface area (Å²) in [6.07, 6.45) is -3.13. The van der Waals surface area contributed by atoms with E-state index in [9.17, 15) is 33.0 Å². The first-order valence-electron chi connectivity index (χ1n) is 11.9. The van der Waals surface area contributed by atoms with Gasteiger partial charge in [-0.1, -0.05) is 0 Å². The highest BCUT2D eigenvalue weighted by molar-refractivity contribution is 7.18. The molecule has 3 atom stereocenters. The summed E-state index contributed by atoms with van der Waals surface area (Å²) in [5.41, 5.74) is -1.07. The quantitative estimate of drug-likeness (QED) is 0.319. The molecule has 1 aliphatic rings. The van der Waals surface area contributed by atoms with Gasteiger partial charge in [0, 0.05) is 24.7 Å². The fraction of sp³-hybridized carbons (Fsp3) is 0.417. The van der Waals surface area contributed by atoms with Crippen LogP contribution in [0.15, 0.2) is 35.4 Å². The molecule has 0 saturated carbocycles. The third kappa shape index (κ3) is 6.06. The maximum atomic E-state index is 13.1. The number of carbonyl (C=O) groups excluding carboxylic acids is 1. The van der Waals surface area contributed by atoms with Crippen molar-refractivity contribution in [2.24, 2.45) is 5.92 Å². The molecule has 206 valence electrons. The summed E-state index contributed by atoms with van der Waals surface area (Å²) < 4.78 is 51.3. The zero-order valence-corrected chi connectivity index (χ0v) is 21.0. The number of halogens is 3. The summed E-state index contributed by atoms with van der Waals surface area (Å²) in [6.45, 7) is -0.434.